The number of hydrogen-bond acceptors (Lipinski definition) is 2. The van der Waals surface area contributed by atoms with Crippen LogP contribution in [0.3, 0.4) is 0 Å². The summed E-state index contributed by atoms with van der Waals surface area (Å²) in [7, 11) is 1.55. The smallest absolute Gasteiger partial charge is 0.131 e. The molecule has 0 radical (unpaired) electrons. The maximum absolute atomic E-state index is 14.0. The van der Waals surface area contributed by atoms with E-state index in [1.54, 1.807) is 7.11 Å². The van der Waals surface area contributed by atoms with Crippen LogP contribution in [-0.2, 0) is 6.54 Å². The molecule has 1 heterocycles. The van der Waals surface area contributed by atoms with Crippen LogP contribution in [0.2, 0.25) is 0 Å². The van der Waals surface area contributed by atoms with Gasteiger partial charge in [-0.05, 0) is 31.9 Å². The lowest BCUT2D eigenvalue weighted by Crippen LogP contribution is -2.39. The van der Waals surface area contributed by atoms with Crippen molar-refractivity contribution in [3.05, 3.63) is 29.6 Å². The van der Waals surface area contributed by atoms with E-state index in [1.807, 2.05) is 12.1 Å². The molecule has 1 fully saturated rings. The van der Waals surface area contributed by atoms with Crippen LogP contribution in [0.5, 0.6) is 5.75 Å². The Labute approximate surface area is 119 Å². The van der Waals surface area contributed by atoms with E-state index in [0.29, 0.717) is 24.2 Å². The highest BCUT2D eigenvalue weighted by Gasteiger charge is 2.22. The van der Waals surface area contributed by atoms with Gasteiger partial charge >= 0.3 is 0 Å². The van der Waals surface area contributed by atoms with E-state index in [0.717, 1.165) is 18.5 Å². The largest absolute Gasteiger partial charge is 0.497 e. The van der Waals surface area contributed by atoms with Crippen LogP contribution in [-0.4, -0.2) is 30.5 Å². The van der Waals surface area contributed by atoms with E-state index in [2.05, 4.69) is 4.90 Å². The maximum Gasteiger partial charge on any atom is 0.131 e. The van der Waals surface area contributed by atoms with Crippen LogP contribution < -0.4 is 4.74 Å². The van der Waals surface area contributed by atoms with Gasteiger partial charge in [0.25, 0.3) is 0 Å². The third-order valence-corrected chi connectivity index (χ3v) is 4.04. The molecule has 19 heavy (non-hydrogen) atoms. The summed E-state index contributed by atoms with van der Waals surface area (Å²) in [5, 5.41) is 0. The SMILES string of the molecule is COc1ccc(CN2CCCCC2CCCl)c(F)c1. The second kappa shape index (κ2) is 7.11. The molecule has 0 amide bonds. The number of hydrogen-bond donors (Lipinski definition) is 0. The minimum absolute atomic E-state index is 0.186. The van der Waals surface area contributed by atoms with Crippen molar-refractivity contribution in [2.75, 3.05) is 19.5 Å². The molecule has 0 aliphatic carbocycles. The van der Waals surface area contributed by atoms with Crippen LogP contribution in [0.1, 0.15) is 31.2 Å². The van der Waals surface area contributed by atoms with Gasteiger partial charge in [-0.2, -0.15) is 0 Å². The van der Waals surface area contributed by atoms with Crippen molar-refractivity contribution in [3.63, 3.8) is 0 Å². The third kappa shape index (κ3) is 3.83. The number of alkyl halides is 1. The fourth-order valence-electron chi connectivity index (χ4n) is 2.72. The third-order valence-electron chi connectivity index (χ3n) is 3.83. The molecule has 1 saturated heterocycles. The molecule has 0 saturated carbocycles. The number of rotatable bonds is 5. The molecule has 1 aliphatic rings. The summed E-state index contributed by atoms with van der Waals surface area (Å²) >= 11 is 5.86. The Kier molecular flexibility index (Phi) is 5.46. The van der Waals surface area contributed by atoms with Gasteiger partial charge in [-0.3, -0.25) is 4.90 Å². The minimum Gasteiger partial charge on any atom is -0.497 e. The van der Waals surface area contributed by atoms with E-state index < -0.39 is 0 Å². The molecular weight excluding hydrogens is 265 g/mol. The van der Waals surface area contributed by atoms with E-state index >= 15 is 0 Å². The monoisotopic (exact) mass is 285 g/mol. The molecule has 1 aromatic carbocycles. The summed E-state index contributed by atoms with van der Waals surface area (Å²) in [6, 6.07) is 5.59. The Bertz CT molecular complexity index is 411. The van der Waals surface area contributed by atoms with Gasteiger partial charge in [0.05, 0.1) is 7.11 Å². The molecular formula is C15H21ClFNO. The highest BCUT2D eigenvalue weighted by molar-refractivity contribution is 6.17. The van der Waals surface area contributed by atoms with Gasteiger partial charge in [-0.1, -0.05) is 12.5 Å². The Hall–Kier alpha value is -0.800. The fourth-order valence-corrected chi connectivity index (χ4v) is 2.97. The van der Waals surface area contributed by atoms with Crippen molar-refractivity contribution in [1.29, 1.82) is 0 Å². The second-order valence-electron chi connectivity index (χ2n) is 5.06. The summed E-state index contributed by atoms with van der Waals surface area (Å²) < 4.78 is 19.0. The number of nitrogens with zero attached hydrogens (tertiary/aromatic N) is 1. The van der Waals surface area contributed by atoms with Crippen LogP contribution in [0.15, 0.2) is 18.2 Å². The summed E-state index contributed by atoms with van der Waals surface area (Å²) in [6.45, 7) is 1.70. The average molecular weight is 286 g/mol. The number of ether oxygens (including phenoxy) is 1. The van der Waals surface area contributed by atoms with Crippen molar-refractivity contribution in [2.24, 2.45) is 0 Å². The standard InChI is InChI=1S/C15H21ClFNO/c1-19-14-6-5-12(15(17)10-14)11-18-9-3-2-4-13(18)7-8-16/h5-6,10,13H,2-4,7-9,11H2,1H3. The minimum atomic E-state index is -0.186. The highest BCUT2D eigenvalue weighted by Crippen LogP contribution is 2.24. The number of piperidine rings is 1. The van der Waals surface area contributed by atoms with E-state index in [-0.39, 0.29) is 5.82 Å². The van der Waals surface area contributed by atoms with Gasteiger partial charge in [-0.15, -0.1) is 11.6 Å². The van der Waals surface area contributed by atoms with Crippen molar-refractivity contribution in [3.8, 4) is 5.75 Å². The summed E-state index contributed by atoms with van der Waals surface area (Å²) in [4.78, 5) is 2.36. The Morgan fingerprint density at radius 2 is 2.26 bits per heavy atom. The lowest BCUT2D eigenvalue weighted by molar-refractivity contribution is 0.135. The van der Waals surface area contributed by atoms with Crippen molar-refractivity contribution < 1.29 is 9.13 Å². The van der Waals surface area contributed by atoms with E-state index in [1.165, 1.54) is 25.3 Å². The molecule has 0 spiro atoms. The van der Waals surface area contributed by atoms with Crippen molar-refractivity contribution >= 4 is 11.6 Å². The summed E-state index contributed by atoms with van der Waals surface area (Å²) in [6.07, 6.45) is 4.60. The molecule has 1 aliphatic heterocycles. The van der Waals surface area contributed by atoms with Gasteiger partial charge < -0.3 is 4.74 Å². The van der Waals surface area contributed by atoms with Gasteiger partial charge in [-0.25, -0.2) is 4.39 Å². The van der Waals surface area contributed by atoms with Crippen LogP contribution in [0.4, 0.5) is 4.39 Å². The highest BCUT2D eigenvalue weighted by atomic mass is 35.5. The normalized spacial score (nSPS) is 20.5. The second-order valence-corrected chi connectivity index (χ2v) is 5.43. The van der Waals surface area contributed by atoms with Gasteiger partial charge in [0.1, 0.15) is 11.6 Å². The number of halogens is 2. The topological polar surface area (TPSA) is 12.5 Å². The Morgan fingerprint density at radius 1 is 1.42 bits per heavy atom. The van der Waals surface area contributed by atoms with Gasteiger partial charge in [0.2, 0.25) is 0 Å². The molecule has 1 unspecified atom stereocenters. The predicted molar refractivity (Wildman–Crippen MR) is 76.3 cm³/mol. The molecule has 1 aromatic rings. The zero-order valence-electron chi connectivity index (χ0n) is 11.4. The maximum atomic E-state index is 14.0. The first-order valence-electron chi connectivity index (χ1n) is 6.87. The van der Waals surface area contributed by atoms with Gasteiger partial charge in [0.15, 0.2) is 0 Å². The molecule has 0 bridgehead atoms. The fraction of sp³-hybridized carbons (Fsp3) is 0.600. The quantitative estimate of drug-likeness (QED) is 0.763. The molecule has 1 atom stereocenters. The molecule has 106 valence electrons. The first-order chi connectivity index (χ1) is 9.24. The van der Waals surface area contributed by atoms with Crippen LogP contribution >= 0.6 is 11.6 Å². The zero-order valence-corrected chi connectivity index (χ0v) is 12.1. The Balaban J connectivity index is 2.06. The molecule has 4 heteroatoms. The molecule has 0 N–H and O–H groups in total. The van der Waals surface area contributed by atoms with E-state index in [4.69, 9.17) is 16.3 Å². The predicted octanol–water partition coefficient (Wildman–Crippen LogP) is 3.82. The van der Waals surface area contributed by atoms with Crippen LogP contribution in [0, 0.1) is 5.82 Å². The van der Waals surface area contributed by atoms with Gasteiger partial charge in [0, 0.05) is 30.1 Å². The average Bonchev–Trinajstić information content (AvgIpc) is 2.43. The first-order valence-corrected chi connectivity index (χ1v) is 7.40. The lowest BCUT2D eigenvalue weighted by atomic mass is 9.99. The first kappa shape index (κ1) is 14.6. The lowest BCUT2D eigenvalue weighted by Gasteiger charge is -2.35. The van der Waals surface area contributed by atoms with Crippen molar-refractivity contribution in [2.45, 2.75) is 38.3 Å². The van der Waals surface area contributed by atoms with Crippen LogP contribution in [0.25, 0.3) is 0 Å². The zero-order chi connectivity index (χ0) is 13.7. The number of benzene rings is 1. The number of methoxy groups -OCH3 is 1. The molecule has 2 rings (SSSR count). The summed E-state index contributed by atoms with van der Waals surface area (Å²) in [5.74, 6) is 1.05. The molecule has 2 nitrogen and oxygen atoms in total. The van der Waals surface area contributed by atoms with E-state index in [9.17, 15) is 4.39 Å². The Morgan fingerprint density at radius 3 is 2.95 bits per heavy atom. The molecule has 0 aromatic heterocycles. The summed E-state index contributed by atoms with van der Waals surface area (Å²) in [5.41, 5.74) is 0.738. The number of likely N-dealkylation sites (tertiary alicyclic amines) is 1. The van der Waals surface area contributed by atoms with Crippen molar-refractivity contribution in [1.82, 2.24) is 4.90 Å².